The molecule has 1 saturated heterocycles. The maximum absolute atomic E-state index is 6.39. The van der Waals surface area contributed by atoms with E-state index in [9.17, 15) is 0 Å². The molecule has 1 fully saturated rings. The van der Waals surface area contributed by atoms with Crippen molar-refractivity contribution in [1.82, 2.24) is 19.6 Å². The van der Waals surface area contributed by atoms with Crippen molar-refractivity contribution in [1.29, 1.82) is 0 Å². The molecule has 0 saturated carbocycles. The van der Waals surface area contributed by atoms with Gasteiger partial charge in [0.25, 0.3) is 0 Å². The predicted octanol–water partition coefficient (Wildman–Crippen LogP) is 2.38. The summed E-state index contributed by atoms with van der Waals surface area (Å²) in [6.45, 7) is 7.81. The van der Waals surface area contributed by atoms with Crippen molar-refractivity contribution in [2.45, 2.75) is 19.5 Å². The first-order valence-electron chi connectivity index (χ1n) is 8.16. The van der Waals surface area contributed by atoms with E-state index in [4.69, 9.17) is 16.3 Å². The fraction of sp³-hybridized carbons (Fsp3) is 0.588. The number of likely N-dealkylation sites (N-methyl/N-ethyl adjacent to an activating group) is 1. The van der Waals surface area contributed by atoms with Gasteiger partial charge in [-0.2, -0.15) is 5.10 Å². The fourth-order valence-corrected chi connectivity index (χ4v) is 3.65. The first kappa shape index (κ1) is 16.7. The van der Waals surface area contributed by atoms with Crippen LogP contribution in [0.1, 0.15) is 12.6 Å². The molecule has 0 bridgehead atoms. The van der Waals surface area contributed by atoms with Gasteiger partial charge in [0.1, 0.15) is 0 Å². The van der Waals surface area contributed by atoms with Gasteiger partial charge in [0.15, 0.2) is 0 Å². The van der Waals surface area contributed by atoms with Crippen molar-refractivity contribution in [2.75, 3.05) is 39.9 Å². The second-order valence-corrected chi connectivity index (χ2v) is 6.81. The molecule has 0 unspecified atom stereocenters. The monoisotopic (exact) mass is 336 g/mol. The smallest absolute Gasteiger partial charge is 0.0858 e. The summed E-state index contributed by atoms with van der Waals surface area (Å²) < 4.78 is 7.34. The highest BCUT2D eigenvalue weighted by molar-refractivity contribution is 6.35. The van der Waals surface area contributed by atoms with E-state index in [0.717, 1.165) is 61.0 Å². The highest BCUT2D eigenvalue weighted by Gasteiger charge is 2.20. The quantitative estimate of drug-likeness (QED) is 0.839. The summed E-state index contributed by atoms with van der Waals surface area (Å²) in [5, 5.41) is 6.52. The molecular formula is C17H25ClN4O. The van der Waals surface area contributed by atoms with Gasteiger partial charge in [0.05, 0.1) is 29.4 Å². The molecule has 0 spiro atoms. The number of fused-ring (bicyclic) bond motifs is 1. The van der Waals surface area contributed by atoms with Crippen LogP contribution in [-0.4, -0.2) is 65.5 Å². The summed E-state index contributed by atoms with van der Waals surface area (Å²) in [5.74, 6) is 0. The largest absolute Gasteiger partial charge is 0.379 e. The first-order valence-corrected chi connectivity index (χ1v) is 8.54. The summed E-state index contributed by atoms with van der Waals surface area (Å²) in [6.07, 6.45) is 0. The normalized spacial score (nSPS) is 18.0. The Balaban J connectivity index is 1.69. The van der Waals surface area contributed by atoms with Crippen molar-refractivity contribution >= 4 is 22.5 Å². The number of aryl methyl sites for hydroxylation is 1. The number of halogens is 1. The van der Waals surface area contributed by atoms with Crippen LogP contribution in [0.5, 0.6) is 0 Å². The van der Waals surface area contributed by atoms with E-state index in [1.165, 1.54) is 0 Å². The van der Waals surface area contributed by atoms with Crippen LogP contribution in [0.15, 0.2) is 18.2 Å². The summed E-state index contributed by atoms with van der Waals surface area (Å²) in [4.78, 5) is 4.81. The summed E-state index contributed by atoms with van der Waals surface area (Å²) >= 11 is 6.39. The lowest BCUT2D eigenvalue weighted by Crippen LogP contribution is -2.46. The average Bonchev–Trinajstić information content (AvgIpc) is 2.85. The van der Waals surface area contributed by atoms with Gasteiger partial charge in [-0.3, -0.25) is 14.5 Å². The molecule has 1 aliphatic rings. The van der Waals surface area contributed by atoms with E-state index >= 15 is 0 Å². The molecule has 1 aromatic carbocycles. The maximum Gasteiger partial charge on any atom is 0.0858 e. The third-order valence-corrected chi connectivity index (χ3v) is 4.88. The zero-order chi connectivity index (χ0) is 16.4. The molecule has 3 rings (SSSR count). The summed E-state index contributed by atoms with van der Waals surface area (Å²) in [6, 6.07) is 6.48. The van der Waals surface area contributed by atoms with Crippen molar-refractivity contribution < 1.29 is 4.74 Å². The third-order valence-electron chi connectivity index (χ3n) is 4.56. The van der Waals surface area contributed by atoms with Gasteiger partial charge in [-0.25, -0.2) is 0 Å². The lowest BCUT2D eigenvalue weighted by molar-refractivity contribution is 0.0136. The lowest BCUT2D eigenvalue weighted by Gasteiger charge is -2.34. The van der Waals surface area contributed by atoms with Gasteiger partial charge < -0.3 is 4.74 Å². The topological polar surface area (TPSA) is 33.5 Å². The van der Waals surface area contributed by atoms with Crippen molar-refractivity contribution in [3.8, 4) is 0 Å². The first-order chi connectivity index (χ1) is 11.1. The van der Waals surface area contributed by atoms with E-state index < -0.39 is 0 Å². The van der Waals surface area contributed by atoms with Gasteiger partial charge in [0.2, 0.25) is 0 Å². The average molecular weight is 337 g/mol. The number of benzene rings is 1. The van der Waals surface area contributed by atoms with E-state index in [2.05, 4.69) is 34.9 Å². The third kappa shape index (κ3) is 3.69. The van der Waals surface area contributed by atoms with E-state index in [1.54, 1.807) is 0 Å². The highest BCUT2D eigenvalue weighted by atomic mass is 35.5. The molecule has 1 atom stereocenters. The molecule has 0 N–H and O–H groups in total. The molecule has 5 nitrogen and oxygen atoms in total. The predicted molar refractivity (Wildman–Crippen MR) is 93.9 cm³/mol. The van der Waals surface area contributed by atoms with Crippen LogP contribution in [0.25, 0.3) is 10.9 Å². The molecule has 23 heavy (non-hydrogen) atoms. The summed E-state index contributed by atoms with van der Waals surface area (Å²) in [7, 11) is 4.12. The lowest BCUT2D eigenvalue weighted by atomic mass is 10.2. The van der Waals surface area contributed by atoms with Crippen LogP contribution < -0.4 is 0 Å². The molecule has 0 radical (unpaired) electrons. The number of aromatic nitrogens is 2. The standard InChI is InChI=1S/C17H25ClN4O/c1-13(22-7-9-23-10-8-22)11-20(2)12-15-17-14(18)5-4-6-16(17)21(3)19-15/h4-6,13H,7-12H2,1-3H3/t13-/m0/s1. The molecule has 2 aromatic rings. The van der Waals surface area contributed by atoms with Crippen molar-refractivity contribution in [2.24, 2.45) is 7.05 Å². The molecule has 126 valence electrons. The van der Waals surface area contributed by atoms with Gasteiger partial charge in [0, 0.05) is 44.7 Å². The number of hydrogen-bond acceptors (Lipinski definition) is 4. The SMILES string of the molecule is C[C@@H](CN(C)Cc1nn(C)c2cccc(Cl)c12)N1CCOCC1. The molecule has 6 heteroatoms. The van der Waals surface area contributed by atoms with Crippen LogP contribution in [0.3, 0.4) is 0 Å². The van der Waals surface area contributed by atoms with Crippen molar-refractivity contribution in [3.05, 3.63) is 28.9 Å². The van der Waals surface area contributed by atoms with Crippen LogP contribution in [0.4, 0.5) is 0 Å². The molecular weight excluding hydrogens is 312 g/mol. The van der Waals surface area contributed by atoms with Crippen LogP contribution in [0.2, 0.25) is 5.02 Å². The highest BCUT2D eigenvalue weighted by Crippen LogP contribution is 2.27. The Bertz CT molecular complexity index is 666. The molecule has 0 aliphatic carbocycles. The molecule has 2 heterocycles. The van der Waals surface area contributed by atoms with E-state index in [1.807, 2.05) is 23.9 Å². The second-order valence-electron chi connectivity index (χ2n) is 6.40. The zero-order valence-corrected chi connectivity index (χ0v) is 14.9. The Morgan fingerprint density at radius 1 is 1.35 bits per heavy atom. The Kier molecular flexibility index (Phi) is 5.21. The minimum atomic E-state index is 0.509. The van der Waals surface area contributed by atoms with Crippen LogP contribution >= 0.6 is 11.6 Å². The van der Waals surface area contributed by atoms with E-state index in [-0.39, 0.29) is 0 Å². The number of ether oxygens (including phenoxy) is 1. The number of morpholine rings is 1. The van der Waals surface area contributed by atoms with Gasteiger partial charge in [-0.05, 0) is 26.1 Å². The maximum atomic E-state index is 6.39. The Morgan fingerprint density at radius 2 is 2.09 bits per heavy atom. The van der Waals surface area contributed by atoms with E-state index in [0.29, 0.717) is 6.04 Å². The van der Waals surface area contributed by atoms with Crippen LogP contribution in [0, 0.1) is 0 Å². The molecule has 1 aliphatic heterocycles. The second kappa shape index (κ2) is 7.18. The Labute approximate surface area is 142 Å². The number of hydrogen-bond donors (Lipinski definition) is 0. The minimum absolute atomic E-state index is 0.509. The zero-order valence-electron chi connectivity index (χ0n) is 14.1. The number of rotatable bonds is 5. The van der Waals surface area contributed by atoms with Gasteiger partial charge in [-0.15, -0.1) is 0 Å². The van der Waals surface area contributed by atoms with Crippen LogP contribution in [-0.2, 0) is 18.3 Å². The fourth-order valence-electron chi connectivity index (χ4n) is 3.37. The minimum Gasteiger partial charge on any atom is -0.379 e. The van der Waals surface area contributed by atoms with Crippen molar-refractivity contribution in [3.63, 3.8) is 0 Å². The Hall–Kier alpha value is -1.14. The summed E-state index contributed by atoms with van der Waals surface area (Å²) in [5.41, 5.74) is 2.13. The molecule has 1 aromatic heterocycles. The number of nitrogens with zero attached hydrogens (tertiary/aromatic N) is 4. The van der Waals surface area contributed by atoms with Gasteiger partial charge in [-0.1, -0.05) is 17.7 Å². The Morgan fingerprint density at radius 3 is 2.83 bits per heavy atom. The van der Waals surface area contributed by atoms with Gasteiger partial charge >= 0.3 is 0 Å². The molecule has 0 amide bonds.